The molecule has 23 heavy (non-hydrogen) atoms. The topological polar surface area (TPSA) is 37.3 Å². The van der Waals surface area contributed by atoms with Crippen LogP contribution >= 0.6 is 8.19 Å². The molecule has 1 N–H and O–H groups in total. The van der Waals surface area contributed by atoms with Crippen LogP contribution in [0.4, 0.5) is 0 Å². The number of carboxylic acid groups (broad SMARTS) is 1. The van der Waals surface area contributed by atoms with E-state index in [-0.39, 0.29) is 0 Å². The summed E-state index contributed by atoms with van der Waals surface area (Å²) >= 11 is 0. The fourth-order valence-corrected chi connectivity index (χ4v) is 4.12. The average molecular weight is 316 g/mol. The molecular weight excluding hydrogens is 303 g/mol. The average Bonchev–Trinajstić information content (AvgIpc) is 2.61. The van der Waals surface area contributed by atoms with Gasteiger partial charge in [0.2, 0.25) is 0 Å². The lowest BCUT2D eigenvalue weighted by molar-refractivity contribution is 0.0698. The zero-order chi connectivity index (χ0) is 15.8. The number of aromatic carboxylic acids is 1. The second kappa shape index (κ2) is 5.49. The van der Waals surface area contributed by atoms with Crippen LogP contribution in [0.15, 0.2) is 72.8 Å². The van der Waals surface area contributed by atoms with E-state index in [1.807, 2.05) is 30.3 Å². The van der Waals surface area contributed by atoms with Gasteiger partial charge < -0.3 is 5.11 Å². The van der Waals surface area contributed by atoms with E-state index in [2.05, 4.69) is 30.3 Å². The molecule has 0 amide bonds. The summed E-state index contributed by atoms with van der Waals surface area (Å²) in [5.41, 5.74) is 1.14. The number of rotatable bonds is 2. The van der Waals surface area contributed by atoms with Crippen molar-refractivity contribution in [3.05, 3.63) is 78.4 Å². The van der Waals surface area contributed by atoms with Crippen LogP contribution in [0.1, 0.15) is 10.4 Å². The molecule has 110 valence electrons. The van der Waals surface area contributed by atoms with Gasteiger partial charge in [-0.25, -0.2) is 4.79 Å². The maximum absolute atomic E-state index is 11.4. The minimum Gasteiger partial charge on any atom is -0.478 e. The SMILES string of the molecule is O=C(O)c1ccccc1-c1ccc2c(ccc3ccccc32)p1. The van der Waals surface area contributed by atoms with Crippen molar-refractivity contribution in [2.24, 2.45) is 0 Å². The highest BCUT2D eigenvalue weighted by Crippen LogP contribution is 2.38. The fourth-order valence-electron chi connectivity index (χ4n) is 2.93. The molecule has 0 aliphatic rings. The predicted molar refractivity (Wildman–Crippen MR) is 96.4 cm³/mol. The van der Waals surface area contributed by atoms with Crippen LogP contribution in [0.3, 0.4) is 0 Å². The van der Waals surface area contributed by atoms with Gasteiger partial charge in [-0.15, -0.1) is 0 Å². The lowest BCUT2D eigenvalue weighted by atomic mass is 10.0. The predicted octanol–water partition coefficient (Wildman–Crippen LogP) is 5.94. The monoisotopic (exact) mass is 316 g/mol. The van der Waals surface area contributed by atoms with E-state index in [1.54, 1.807) is 12.1 Å². The van der Waals surface area contributed by atoms with Gasteiger partial charge in [-0.1, -0.05) is 62.8 Å². The Bertz CT molecular complexity index is 1050. The number of carboxylic acids is 1. The fraction of sp³-hybridized carbons (Fsp3) is 0. The van der Waals surface area contributed by atoms with Crippen molar-refractivity contribution in [2.75, 3.05) is 0 Å². The van der Waals surface area contributed by atoms with E-state index in [9.17, 15) is 9.90 Å². The van der Waals surface area contributed by atoms with Gasteiger partial charge in [0.1, 0.15) is 0 Å². The maximum Gasteiger partial charge on any atom is 0.336 e. The molecule has 0 radical (unpaired) electrons. The van der Waals surface area contributed by atoms with Crippen molar-refractivity contribution in [3.63, 3.8) is 0 Å². The van der Waals surface area contributed by atoms with E-state index in [0.717, 1.165) is 19.1 Å². The lowest BCUT2D eigenvalue weighted by Gasteiger charge is -2.08. The highest BCUT2D eigenvalue weighted by Gasteiger charge is 2.12. The summed E-state index contributed by atoms with van der Waals surface area (Å²) in [6.45, 7) is 0. The first kappa shape index (κ1) is 13.9. The molecule has 0 unspecified atom stereocenters. The third kappa shape index (κ3) is 2.38. The van der Waals surface area contributed by atoms with Gasteiger partial charge >= 0.3 is 5.97 Å². The van der Waals surface area contributed by atoms with E-state index in [4.69, 9.17) is 0 Å². The highest BCUT2D eigenvalue weighted by atomic mass is 31.0. The normalized spacial score (nSPS) is 11.3. The van der Waals surface area contributed by atoms with Gasteiger partial charge in [0, 0.05) is 16.0 Å². The molecule has 3 heteroatoms. The van der Waals surface area contributed by atoms with Crippen LogP contribution in [0.25, 0.3) is 32.1 Å². The third-order valence-electron chi connectivity index (χ3n) is 4.03. The standard InChI is InChI=1S/C20H13O2P/c21-20(22)17-8-4-3-7-15(17)19-12-10-16-14-6-2-1-5-13(14)9-11-18(16)23-19/h1-12H,(H,21,22). The summed E-state index contributed by atoms with van der Waals surface area (Å²) in [4.78, 5) is 11.4. The zero-order valence-electron chi connectivity index (χ0n) is 12.2. The summed E-state index contributed by atoms with van der Waals surface area (Å²) in [5, 5.41) is 15.3. The zero-order valence-corrected chi connectivity index (χ0v) is 13.1. The summed E-state index contributed by atoms with van der Waals surface area (Å²) in [6.07, 6.45) is 0. The number of fused-ring (bicyclic) bond motifs is 3. The van der Waals surface area contributed by atoms with Gasteiger partial charge in [0.05, 0.1) is 5.56 Å². The number of hydrogen-bond acceptors (Lipinski definition) is 1. The van der Waals surface area contributed by atoms with Crippen molar-refractivity contribution in [2.45, 2.75) is 0 Å². The second-order valence-corrected chi connectivity index (χ2v) is 6.59. The number of benzene rings is 3. The summed E-state index contributed by atoms with van der Waals surface area (Å²) in [7, 11) is 1.04. The molecule has 0 aliphatic carbocycles. The van der Waals surface area contributed by atoms with Crippen molar-refractivity contribution in [1.82, 2.24) is 0 Å². The molecule has 0 fully saturated rings. The first-order valence-corrected chi connectivity index (χ1v) is 8.25. The van der Waals surface area contributed by atoms with Crippen LogP contribution in [0.5, 0.6) is 0 Å². The smallest absolute Gasteiger partial charge is 0.336 e. The first-order chi connectivity index (χ1) is 11.2. The highest BCUT2D eigenvalue weighted by molar-refractivity contribution is 7.40. The number of hydrogen-bond donors (Lipinski definition) is 1. The minimum absolute atomic E-state index is 0.351. The summed E-state index contributed by atoms with van der Waals surface area (Å²) < 4.78 is 0. The summed E-state index contributed by atoms with van der Waals surface area (Å²) in [6, 6.07) is 23.9. The summed E-state index contributed by atoms with van der Waals surface area (Å²) in [5.74, 6) is -0.888. The Morgan fingerprint density at radius 1 is 0.783 bits per heavy atom. The second-order valence-electron chi connectivity index (χ2n) is 5.40. The molecule has 0 spiro atoms. The van der Waals surface area contributed by atoms with Crippen molar-refractivity contribution < 1.29 is 9.90 Å². The van der Waals surface area contributed by atoms with Crippen LogP contribution in [0.2, 0.25) is 0 Å². The Labute approximate surface area is 135 Å². The molecular formula is C20H13O2P. The van der Waals surface area contributed by atoms with Crippen LogP contribution in [-0.4, -0.2) is 11.1 Å². The van der Waals surface area contributed by atoms with Crippen LogP contribution in [-0.2, 0) is 0 Å². The van der Waals surface area contributed by atoms with E-state index in [0.29, 0.717) is 5.56 Å². The molecule has 1 aromatic heterocycles. The van der Waals surface area contributed by atoms with Crippen molar-refractivity contribution in [3.8, 4) is 10.9 Å². The Kier molecular flexibility index (Phi) is 3.33. The number of carbonyl (C=O) groups is 1. The van der Waals surface area contributed by atoms with Gasteiger partial charge in [-0.05, 0) is 34.4 Å². The van der Waals surface area contributed by atoms with Gasteiger partial charge in [-0.2, -0.15) is 0 Å². The van der Waals surface area contributed by atoms with E-state index in [1.165, 1.54) is 21.3 Å². The maximum atomic E-state index is 11.4. The molecule has 0 saturated heterocycles. The molecule has 4 rings (SSSR count). The van der Waals surface area contributed by atoms with Crippen LogP contribution < -0.4 is 0 Å². The van der Waals surface area contributed by atoms with Crippen molar-refractivity contribution in [1.29, 1.82) is 0 Å². The van der Waals surface area contributed by atoms with E-state index < -0.39 is 5.97 Å². The van der Waals surface area contributed by atoms with Gasteiger partial charge in [-0.3, -0.25) is 0 Å². The molecule has 0 saturated carbocycles. The Balaban J connectivity index is 1.97. The largest absolute Gasteiger partial charge is 0.478 e. The Morgan fingerprint density at radius 2 is 1.57 bits per heavy atom. The Hall–Kier alpha value is -2.70. The van der Waals surface area contributed by atoms with Crippen LogP contribution in [0, 0.1) is 0 Å². The third-order valence-corrected chi connectivity index (χ3v) is 5.29. The molecule has 0 atom stereocenters. The Morgan fingerprint density at radius 3 is 2.43 bits per heavy atom. The van der Waals surface area contributed by atoms with Gasteiger partial charge in [0.15, 0.2) is 0 Å². The molecule has 0 bridgehead atoms. The molecule has 4 aromatic rings. The van der Waals surface area contributed by atoms with Crippen molar-refractivity contribution >= 4 is 35.4 Å². The quantitative estimate of drug-likeness (QED) is 0.465. The lowest BCUT2D eigenvalue weighted by Crippen LogP contribution is -1.98. The van der Waals surface area contributed by atoms with Gasteiger partial charge in [0.25, 0.3) is 0 Å². The molecule has 1 heterocycles. The molecule has 3 aromatic carbocycles. The van der Waals surface area contributed by atoms with E-state index >= 15 is 0 Å². The minimum atomic E-state index is -0.888. The molecule has 0 aliphatic heterocycles. The molecule has 2 nitrogen and oxygen atoms in total. The first-order valence-electron chi connectivity index (χ1n) is 7.35.